The second-order valence-corrected chi connectivity index (χ2v) is 10.9. The first-order valence-electron chi connectivity index (χ1n) is 15.3. The Bertz CT molecular complexity index is 638. The summed E-state index contributed by atoms with van der Waals surface area (Å²) < 4.78 is 0. The highest BCUT2D eigenvalue weighted by Gasteiger charge is 2.35. The zero-order valence-electron chi connectivity index (χ0n) is 23.2. The highest BCUT2D eigenvalue weighted by Crippen LogP contribution is 2.36. The third-order valence-electron chi connectivity index (χ3n) is 7.77. The standard InChI is InChI=1S/C33H55N2/c1-3-5-7-8-9-10-11-12-13-14-15-16-17-18-22-25-31(29-30-23-20-19-21-24-30)32(26-6-4-2)33-34-27-28-35-33/h19-21,23-24,27-28,31-32H,3-18,22,25-26,29H2,1-2H3/q+1. The number of hydrogen-bond donors (Lipinski definition) is 0. The second-order valence-electron chi connectivity index (χ2n) is 10.9. The Kier molecular flexibility index (Phi) is 17.5. The molecule has 0 bridgehead atoms. The summed E-state index contributed by atoms with van der Waals surface area (Å²) in [4.78, 5) is 9.28. The maximum Gasteiger partial charge on any atom is 0.244 e. The molecule has 0 radical (unpaired) electrons. The van der Waals surface area contributed by atoms with E-state index in [0.717, 1.165) is 12.6 Å². The van der Waals surface area contributed by atoms with E-state index in [-0.39, 0.29) is 0 Å². The molecule has 2 heteroatoms. The van der Waals surface area contributed by atoms with E-state index in [2.05, 4.69) is 54.2 Å². The van der Waals surface area contributed by atoms with Crippen molar-refractivity contribution in [1.82, 2.24) is 0 Å². The Morgan fingerprint density at radius 2 is 1.06 bits per heavy atom. The zero-order valence-corrected chi connectivity index (χ0v) is 23.2. The molecule has 0 aromatic heterocycles. The van der Waals surface area contributed by atoms with Crippen molar-refractivity contribution in [3.8, 4) is 0 Å². The minimum absolute atomic E-state index is 0.497. The Hall–Kier alpha value is -1.57. The Morgan fingerprint density at radius 1 is 0.571 bits per heavy atom. The summed E-state index contributed by atoms with van der Waals surface area (Å²) in [6.45, 7) is 4.60. The van der Waals surface area contributed by atoms with Crippen molar-refractivity contribution in [3.63, 3.8) is 0 Å². The molecule has 1 aliphatic heterocycles. The van der Waals surface area contributed by atoms with Crippen molar-refractivity contribution < 1.29 is 0 Å². The number of rotatable bonds is 23. The summed E-state index contributed by atoms with van der Waals surface area (Å²) in [6.07, 6.45) is 32.4. The van der Waals surface area contributed by atoms with Gasteiger partial charge in [0.15, 0.2) is 12.4 Å². The fraction of sp³-hybridized carbons (Fsp3) is 0.727. The van der Waals surface area contributed by atoms with Crippen LogP contribution < -0.4 is 0 Å². The lowest BCUT2D eigenvalue weighted by Crippen LogP contribution is -2.22. The van der Waals surface area contributed by atoms with Crippen LogP contribution in [0.1, 0.15) is 141 Å². The second kappa shape index (κ2) is 20.6. The van der Waals surface area contributed by atoms with Crippen molar-refractivity contribution in [1.29, 1.82) is 0 Å². The maximum atomic E-state index is 4.64. The van der Waals surface area contributed by atoms with Gasteiger partial charge in [-0.25, -0.2) is 0 Å². The van der Waals surface area contributed by atoms with E-state index in [1.807, 2.05) is 12.4 Å². The van der Waals surface area contributed by atoms with Gasteiger partial charge in [0, 0.05) is 0 Å². The number of hydrogen-bond acceptors (Lipinski definition) is 2. The molecule has 0 spiro atoms. The molecule has 1 aromatic carbocycles. The van der Waals surface area contributed by atoms with Gasteiger partial charge in [0.25, 0.3) is 0 Å². The number of benzene rings is 1. The van der Waals surface area contributed by atoms with Crippen molar-refractivity contribution in [2.24, 2.45) is 21.8 Å². The predicted octanol–water partition coefficient (Wildman–Crippen LogP) is 10.6. The van der Waals surface area contributed by atoms with Crippen LogP contribution in [-0.2, 0) is 6.42 Å². The lowest BCUT2D eigenvalue weighted by atomic mass is 9.78. The molecule has 2 atom stereocenters. The Morgan fingerprint density at radius 3 is 1.57 bits per heavy atom. The topological polar surface area (TPSA) is 24.7 Å². The minimum atomic E-state index is 0.497. The fourth-order valence-electron chi connectivity index (χ4n) is 5.58. The summed E-state index contributed by atoms with van der Waals surface area (Å²) >= 11 is 0. The van der Waals surface area contributed by atoms with E-state index < -0.39 is 0 Å². The molecule has 1 aliphatic rings. The molecule has 35 heavy (non-hydrogen) atoms. The van der Waals surface area contributed by atoms with Gasteiger partial charge in [-0.3, -0.25) is 0 Å². The number of unbranched alkanes of at least 4 members (excludes halogenated alkanes) is 15. The van der Waals surface area contributed by atoms with E-state index in [0.29, 0.717) is 11.8 Å². The van der Waals surface area contributed by atoms with E-state index in [1.54, 1.807) is 0 Å². The minimum Gasteiger partial charge on any atom is -0.0965 e. The van der Waals surface area contributed by atoms with Crippen molar-refractivity contribution in [2.75, 3.05) is 0 Å². The molecule has 2 rings (SSSR count). The van der Waals surface area contributed by atoms with Gasteiger partial charge in [-0.1, -0.05) is 163 Å². The summed E-state index contributed by atoms with van der Waals surface area (Å²) in [7, 11) is 0. The molecule has 0 fully saturated rings. The Balaban J connectivity index is 1.62. The van der Waals surface area contributed by atoms with Gasteiger partial charge in [-0.15, -0.1) is 0 Å². The van der Waals surface area contributed by atoms with Crippen LogP contribution >= 0.6 is 0 Å². The van der Waals surface area contributed by atoms with Gasteiger partial charge < -0.3 is 0 Å². The fourth-order valence-corrected chi connectivity index (χ4v) is 5.58. The lowest BCUT2D eigenvalue weighted by molar-refractivity contribution is 0.286. The molecule has 0 aliphatic carbocycles. The van der Waals surface area contributed by atoms with Gasteiger partial charge in [0.1, 0.15) is 0 Å². The smallest absolute Gasteiger partial charge is 0.0965 e. The molecule has 1 heterocycles. The van der Waals surface area contributed by atoms with Gasteiger partial charge in [-0.2, -0.15) is 0 Å². The molecule has 0 saturated heterocycles. The lowest BCUT2D eigenvalue weighted by Gasteiger charge is -2.26. The van der Waals surface area contributed by atoms with Crippen LogP contribution in [-0.4, -0.2) is 12.4 Å². The number of aliphatic imine (C=N–C) groups is 2. The molecular formula is C33H55N2+. The van der Waals surface area contributed by atoms with Gasteiger partial charge in [0.05, 0.1) is 5.92 Å². The summed E-state index contributed by atoms with van der Waals surface area (Å²) in [5.41, 5.74) is 1.46. The third-order valence-corrected chi connectivity index (χ3v) is 7.77. The highest BCUT2D eigenvalue weighted by atomic mass is 15.0. The van der Waals surface area contributed by atoms with E-state index in [4.69, 9.17) is 0 Å². The highest BCUT2D eigenvalue weighted by molar-refractivity contribution is 6.18. The average Bonchev–Trinajstić information content (AvgIpc) is 3.41. The first-order valence-corrected chi connectivity index (χ1v) is 15.3. The van der Waals surface area contributed by atoms with Crippen molar-refractivity contribution >= 4 is 12.4 Å². The van der Waals surface area contributed by atoms with Crippen LogP contribution in [0.25, 0.3) is 0 Å². The van der Waals surface area contributed by atoms with Crippen molar-refractivity contribution in [2.45, 2.75) is 142 Å². The molecule has 2 nitrogen and oxygen atoms in total. The summed E-state index contributed by atoms with van der Waals surface area (Å²) in [6, 6.07) is 11.1. The SMILES string of the molecule is CCCCCCCCCCCCCCCCCC(Cc1ccccc1)C(CCCC)[C+]1N=CC=N1. The van der Waals surface area contributed by atoms with Crippen molar-refractivity contribution in [3.05, 3.63) is 42.1 Å². The molecule has 0 amide bonds. The largest absolute Gasteiger partial charge is 0.244 e. The van der Waals surface area contributed by atoms with Crippen LogP contribution in [0.4, 0.5) is 0 Å². The third kappa shape index (κ3) is 13.9. The average molecular weight is 480 g/mol. The number of nitrogens with zero attached hydrogens (tertiary/aromatic N) is 2. The first kappa shape index (κ1) is 29.7. The van der Waals surface area contributed by atoms with E-state index in [1.165, 1.54) is 128 Å². The van der Waals surface area contributed by atoms with Gasteiger partial charge in [0.2, 0.25) is 6.17 Å². The molecule has 2 unspecified atom stereocenters. The van der Waals surface area contributed by atoms with E-state index >= 15 is 0 Å². The monoisotopic (exact) mass is 479 g/mol. The van der Waals surface area contributed by atoms with E-state index in [9.17, 15) is 0 Å². The first-order chi connectivity index (χ1) is 17.3. The quantitative estimate of drug-likeness (QED) is 0.110. The maximum absolute atomic E-state index is 4.64. The Labute approximate surface area is 218 Å². The molecule has 0 N–H and O–H groups in total. The normalized spacial score (nSPS) is 14.6. The summed E-state index contributed by atoms with van der Waals surface area (Å²) in [5.74, 6) is 1.14. The van der Waals surface area contributed by atoms with Crippen LogP contribution in [0.3, 0.4) is 0 Å². The van der Waals surface area contributed by atoms with Crippen LogP contribution in [0, 0.1) is 18.0 Å². The zero-order chi connectivity index (χ0) is 24.8. The van der Waals surface area contributed by atoms with Crippen LogP contribution in [0.2, 0.25) is 0 Å². The molecular weight excluding hydrogens is 424 g/mol. The molecule has 1 aromatic rings. The van der Waals surface area contributed by atoms with Crippen LogP contribution in [0.5, 0.6) is 0 Å². The van der Waals surface area contributed by atoms with Crippen LogP contribution in [0.15, 0.2) is 40.3 Å². The predicted molar refractivity (Wildman–Crippen MR) is 156 cm³/mol. The molecule has 196 valence electrons. The van der Waals surface area contributed by atoms with Gasteiger partial charge in [-0.05, 0) is 30.7 Å². The van der Waals surface area contributed by atoms with Gasteiger partial charge >= 0.3 is 0 Å². The summed E-state index contributed by atoms with van der Waals surface area (Å²) in [5, 5.41) is 0. The molecule has 0 saturated carbocycles.